The van der Waals surface area contributed by atoms with Crippen molar-refractivity contribution in [1.82, 2.24) is 10.3 Å². The van der Waals surface area contributed by atoms with Crippen LogP contribution in [0.15, 0.2) is 41.0 Å². The molecule has 3 rings (SSSR count). The van der Waals surface area contributed by atoms with Crippen molar-refractivity contribution in [2.75, 3.05) is 6.61 Å². The third-order valence-corrected chi connectivity index (χ3v) is 5.09. The van der Waals surface area contributed by atoms with E-state index in [4.69, 9.17) is 9.84 Å². The zero-order valence-corrected chi connectivity index (χ0v) is 17.6. The number of carboxylic acid groups (broad SMARTS) is 1. The molecule has 3 aromatic rings. The molecule has 30 heavy (non-hydrogen) atoms. The van der Waals surface area contributed by atoms with Crippen LogP contribution in [0, 0.1) is 11.6 Å². The van der Waals surface area contributed by atoms with Gasteiger partial charge in [-0.1, -0.05) is 12.1 Å². The summed E-state index contributed by atoms with van der Waals surface area (Å²) in [5, 5.41) is 11.8. The highest BCUT2D eigenvalue weighted by molar-refractivity contribution is 9.10. The van der Waals surface area contributed by atoms with Crippen LogP contribution < -0.4 is 10.1 Å². The van der Waals surface area contributed by atoms with Crippen LogP contribution in [-0.4, -0.2) is 28.6 Å². The number of ketones is 1. The number of ether oxygens (including phenoxy) is 1. The summed E-state index contributed by atoms with van der Waals surface area (Å²) in [6.45, 7) is 3.58. The van der Waals surface area contributed by atoms with Crippen LogP contribution in [0.3, 0.4) is 0 Å². The largest absolute Gasteiger partial charge is 0.478 e. The van der Waals surface area contributed by atoms with Crippen LogP contribution in [0.2, 0.25) is 0 Å². The SMILES string of the molecule is CCOc1ncc(Br)c2c(C(=O)c3c(F)cc(C(C)NC(=O)O)cc3F)cccc12. The lowest BCUT2D eigenvalue weighted by atomic mass is 9.95. The number of nitrogens with one attached hydrogen (secondary N) is 1. The monoisotopic (exact) mass is 478 g/mol. The molecular weight excluding hydrogens is 462 g/mol. The molecule has 0 saturated carbocycles. The van der Waals surface area contributed by atoms with Gasteiger partial charge in [0.2, 0.25) is 5.88 Å². The average Bonchev–Trinajstić information content (AvgIpc) is 2.68. The minimum Gasteiger partial charge on any atom is -0.478 e. The number of hydrogen-bond acceptors (Lipinski definition) is 4. The van der Waals surface area contributed by atoms with Crippen LogP contribution in [0.1, 0.15) is 41.4 Å². The number of rotatable bonds is 6. The van der Waals surface area contributed by atoms with Gasteiger partial charge in [-0.2, -0.15) is 0 Å². The fraction of sp³-hybridized carbons (Fsp3) is 0.190. The summed E-state index contributed by atoms with van der Waals surface area (Å²) in [7, 11) is 0. The van der Waals surface area contributed by atoms with Gasteiger partial charge in [-0.05, 0) is 53.5 Å². The predicted molar refractivity (Wildman–Crippen MR) is 110 cm³/mol. The third kappa shape index (κ3) is 4.11. The van der Waals surface area contributed by atoms with Gasteiger partial charge in [-0.3, -0.25) is 4.79 Å². The van der Waals surface area contributed by atoms with E-state index < -0.39 is 35.1 Å². The molecule has 156 valence electrons. The Morgan fingerprint density at radius 3 is 2.53 bits per heavy atom. The summed E-state index contributed by atoms with van der Waals surface area (Å²) in [6.07, 6.45) is 0.127. The lowest BCUT2D eigenvalue weighted by molar-refractivity contribution is 0.103. The summed E-state index contributed by atoms with van der Waals surface area (Å²) < 4.78 is 35.5. The van der Waals surface area contributed by atoms with Crippen molar-refractivity contribution in [2.45, 2.75) is 19.9 Å². The molecule has 0 fully saturated rings. The molecule has 0 aliphatic carbocycles. The number of benzene rings is 2. The highest BCUT2D eigenvalue weighted by Crippen LogP contribution is 2.34. The van der Waals surface area contributed by atoms with Crippen molar-refractivity contribution in [3.8, 4) is 5.88 Å². The molecule has 0 saturated heterocycles. The minimum absolute atomic E-state index is 0.0610. The zero-order valence-electron chi connectivity index (χ0n) is 16.0. The Bertz CT molecular complexity index is 1130. The summed E-state index contributed by atoms with van der Waals surface area (Å²) in [4.78, 5) is 28.1. The van der Waals surface area contributed by atoms with Crippen molar-refractivity contribution >= 4 is 38.6 Å². The Morgan fingerprint density at radius 1 is 1.27 bits per heavy atom. The van der Waals surface area contributed by atoms with Crippen molar-refractivity contribution in [3.05, 3.63) is 69.3 Å². The van der Waals surface area contributed by atoms with Crippen molar-refractivity contribution in [2.24, 2.45) is 0 Å². The zero-order chi connectivity index (χ0) is 22.0. The fourth-order valence-electron chi connectivity index (χ4n) is 3.14. The predicted octanol–water partition coefficient (Wildman–Crippen LogP) is 5.23. The summed E-state index contributed by atoms with van der Waals surface area (Å²) in [5.41, 5.74) is -0.591. The average molecular weight is 479 g/mol. The number of aromatic nitrogens is 1. The first-order valence-corrected chi connectivity index (χ1v) is 9.77. The second-order valence-corrected chi connectivity index (χ2v) is 7.29. The fourth-order valence-corrected chi connectivity index (χ4v) is 3.67. The number of amides is 1. The van der Waals surface area contributed by atoms with E-state index in [-0.39, 0.29) is 11.1 Å². The van der Waals surface area contributed by atoms with E-state index in [1.807, 2.05) is 0 Å². The Hall–Kier alpha value is -3.07. The summed E-state index contributed by atoms with van der Waals surface area (Å²) in [5.74, 6) is -2.71. The van der Waals surface area contributed by atoms with Crippen LogP contribution >= 0.6 is 15.9 Å². The first-order chi connectivity index (χ1) is 14.2. The molecule has 1 atom stereocenters. The van der Waals surface area contributed by atoms with E-state index in [9.17, 15) is 18.4 Å². The molecule has 0 aliphatic heterocycles. The molecular formula is C21H17BrF2N2O4. The van der Waals surface area contributed by atoms with Crippen molar-refractivity contribution in [1.29, 1.82) is 0 Å². The standard InChI is InChI=1S/C21H17BrF2N2O4/c1-3-30-20-13-6-4-5-12(17(13)14(22)9-25-20)19(27)18-15(23)7-11(8-16(18)24)10(2)26-21(28)29/h4-10,26H,3H2,1-2H3,(H,28,29). The molecule has 2 N–H and O–H groups in total. The molecule has 0 spiro atoms. The van der Waals surface area contributed by atoms with E-state index in [1.54, 1.807) is 19.1 Å². The summed E-state index contributed by atoms with van der Waals surface area (Å²) >= 11 is 3.34. The number of carbonyl (C=O) groups is 2. The number of pyridine rings is 1. The normalized spacial score (nSPS) is 11.9. The summed E-state index contributed by atoms with van der Waals surface area (Å²) in [6, 6.07) is 5.78. The van der Waals surface area contributed by atoms with Crippen LogP contribution in [-0.2, 0) is 0 Å². The molecule has 9 heteroatoms. The van der Waals surface area contributed by atoms with E-state index >= 15 is 0 Å². The van der Waals surface area contributed by atoms with Crippen LogP contribution in [0.5, 0.6) is 5.88 Å². The molecule has 1 heterocycles. The van der Waals surface area contributed by atoms with Gasteiger partial charge in [-0.15, -0.1) is 0 Å². The van der Waals surface area contributed by atoms with Gasteiger partial charge in [-0.25, -0.2) is 18.6 Å². The van der Waals surface area contributed by atoms with Crippen molar-refractivity contribution in [3.63, 3.8) is 0 Å². The maximum Gasteiger partial charge on any atom is 0.405 e. The van der Waals surface area contributed by atoms with Gasteiger partial charge in [0.1, 0.15) is 11.6 Å². The smallest absolute Gasteiger partial charge is 0.405 e. The van der Waals surface area contributed by atoms with Gasteiger partial charge < -0.3 is 15.2 Å². The Kier molecular flexibility index (Phi) is 6.31. The van der Waals surface area contributed by atoms with Gasteiger partial charge in [0.25, 0.3) is 0 Å². The Labute approximate surface area is 179 Å². The quantitative estimate of drug-likeness (QED) is 0.473. The second-order valence-electron chi connectivity index (χ2n) is 6.43. The highest BCUT2D eigenvalue weighted by atomic mass is 79.9. The molecule has 2 aromatic carbocycles. The Morgan fingerprint density at radius 2 is 1.93 bits per heavy atom. The van der Waals surface area contributed by atoms with Crippen LogP contribution in [0.4, 0.5) is 13.6 Å². The molecule has 1 unspecified atom stereocenters. The van der Waals surface area contributed by atoms with Gasteiger partial charge in [0.15, 0.2) is 5.78 Å². The molecule has 0 bridgehead atoms. The number of hydrogen-bond donors (Lipinski definition) is 2. The second kappa shape index (κ2) is 8.74. The number of halogens is 3. The first kappa shape index (κ1) is 21.6. The molecule has 6 nitrogen and oxygen atoms in total. The third-order valence-electron chi connectivity index (χ3n) is 4.49. The highest BCUT2D eigenvalue weighted by Gasteiger charge is 2.25. The van der Waals surface area contributed by atoms with E-state index in [0.717, 1.165) is 12.1 Å². The van der Waals surface area contributed by atoms with E-state index in [1.165, 1.54) is 19.2 Å². The topological polar surface area (TPSA) is 88.5 Å². The van der Waals surface area contributed by atoms with Crippen molar-refractivity contribution < 1.29 is 28.2 Å². The molecule has 1 aromatic heterocycles. The van der Waals surface area contributed by atoms with E-state index in [0.29, 0.717) is 27.7 Å². The molecule has 1 amide bonds. The molecule has 0 aliphatic rings. The minimum atomic E-state index is -1.33. The number of fused-ring (bicyclic) bond motifs is 1. The van der Waals surface area contributed by atoms with Gasteiger partial charge >= 0.3 is 6.09 Å². The maximum absolute atomic E-state index is 14.8. The molecule has 0 radical (unpaired) electrons. The Balaban J connectivity index is 2.13. The van der Waals surface area contributed by atoms with Crippen LogP contribution in [0.25, 0.3) is 10.8 Å². The van der Waals surface area contributed by atoms with Gasteiger partial charge in [0, 0.05) is 27.0 Å². The maximum atomic E-state index is 14.8. The number of nitrogens with zero attached hydrogens (tertiary/aromatic N) is 1. The van der Waals surface area contributed by atoms with Gasteiger partial charge in [0.05, 0.1) is 18.2 Å². The van der Waals surface area contributed by atoms with E-state index in [2.05, 4.69) is 26.2 Å². The lowest BCUT2D eigenvalue weighted by Gasteiger charge is -2.15. The first-order valence-electron chi connectivity index (χ1n) is 8.97. The lowest BCUT2D eigenvalue weighted by Crippen LogP contribution is -2.25. The number of carbonyl (C=O) groups excluding carboxylic acids is 1.